The van der Waals surface area contributed by atoms with Crippen LogP contribution in [0.2, 0.25) is 0 Å². The number of hydrogen-bond donors (Lipinski definition) is 0. The molecule has 5 aliphatic rings. The Hall–Kier alpha value is -1.31. The second-order valence-corrected chi connectivity index (χ2v) is 9.32. The maximum absolute atomic E-state index is 12.8. The van der Waals surface area contributed by atoms with E-state index >= 15 is 0 Å². The molecular formula is C21H24O2. The van der Waals surface area contributed by atoms with Crippen LogP contribution in [-0.2, 0) is 14.9 Å². The molecular weight excluding hydrogens is 284 g/mol. The molecule has 1 aromatic rings. The zero-order valence-electron chi connectivity index (χ0n) is 13.8. The molecule has 1 aromatic carbocycles. The van der Waals surface area contributed by atoms with Crippen molar-refractivity contribution in [2.24, 2.45) is 28.1 Å². The van der Waals surface area contributed by atoms with Gasteiger partial charge in [0.05, 0.1) is 12.5 Å². The van der Waals surface area contributed by atoms with Crippen LogP contribution in [0, 0.1) is 28.1 Å². The fraction of sp³-hybridized carbons (Fsp3) is 0.667. The van der Waals surface area contributed by atoms with Gasteiger partial charge in [-0.3, -0.25) is 4.79 Å². The normalized spacial score (nSPS) is 49.8. The third-order valence-corrected chi connectivity index (χ3v) is 8.99. The molecule has 23 heavy (non-hydrogen) atoms. The average Bonchev–Trinajstić information content (AvgIpc) is 3.33. The molecule has 2 spiro atoms. The third-order valence-electron chi connectivity index (χ3n) is 8.99. The van der Waals surface area contributed by atoms with E-state index < -0.39 is 0 Å². The van der Waals surface area contributed by atoms with Crippen molar-refractivity contribution in [3.8, 4) is 0 Å². The summed E-state index contributed by atoms with van der Waals surface area (Å²) in [5.41, 5.74) is 2.60. The van der Waals surface area contributed by atoms with E-state index in [1.165, 1.54) is 31.2 Å². The second kappa shape index (κ2) is 3.53. The number of benzene rings is 1. The number of carbonyl (C=O) groups excluding carboxylic acids is 1. The Labute approximate surface area is 137 Å². The van der Waals surface area contributed by atoms with E-state index in [9.17, 15) is 4.79 Å². The zero-order valence-corrected chi connectivity index (χ0v) is 13.8. The number of methoxy groups -OCH3 is 1. The molecule has 0 amide bonds. The fourth-order valence-electron chi connectivity index (χ4n) is 8.33. The molecule has 3 bridgehead atoms. The highest BCUT2D eigenvalue weighted by atomic mass is 16.5. The third kappa shape index (κ3) is 1.14. The Morgan fingerprint density at radius 2 is 1.87 bits per heavy atom. The van der Waals surface area contributed by atoms with Crippen molar-refractivity contribution in [3.63, 3.8) is 0 Å². The van der Waals surface area contributed by atoms with Crippen LogP contribution in [0.25, 0.3) is 0 Å². The van der Waals surface area contributed by atoms with Crippen LogP contribution in [0.4, 0.5) is 0 Å². The first-order valence-corrected chi connectivity index (χ1v) is 9.25. The highest BCUT2D eigenvalue weighted by molar-refractivity contribution is 5.79. The summed E-state index contributed by atoms with van der Waals surface area (Å²) < 4.78 is 5.33. The highest BCUT2D eigenvalue weighted by Crippen LogP contribution is 2.91. The molecule has 5 unspecified atom stereocenters. The Morgan fingerprint density at radius 3 is 2.57 bits per heavy atom. The van der Waals surface area contributed by atoms with E-state index in [-0.39, 0.29) is 16.8 Å². The predicted octanol–water partition coefficient (Wildman–Crippen LogP) is 4.09. The van der Waals surface area contributed by atoms with Gasteiger partial charge in [-0.1, -0.05) is 30.3 Å². The van der Waals surface area contributed by atoms with E-state index in [0.717, 1.165) is 31.1 Å². The van der Waals surface area contributed by atoms with Crippen molar-refractivity contribution in [1.29, 1.82) is 0 Å². The van der Waals surface area contributed by atoms with Gasteiger partial charge in [0.25, 0.3) is 0 Å². The summed E-state index contributed by atoms with van der Waals surface area (Å²) in [7, 11) is 1.59. The fourth-order valence-corrected chi connectivity index (χ4v) is 8.33. The molecule has 0 heterocycles. The summed E-state index contributed by atoms with van der Waals surface area (Å²) in [4.78, 5) is 12.8. The lowest BCUT2D eigenvalue weighted by atomic mass is 9.43. The Kier molecular flexibility index (Phi) is 2.00. The summed E-state index contributed by atoms with van der Waals surface area (Å²) in [5, 5.41) is 0. The Balaban J connectivity index is 1.56. The number of esters is 1. The van der Waals surface area contributed by atoms with E-state index in [1.54, 1.807) is 7.11 Å². The number of ether oxygens (including phenoxy) is 1. The van der Waals surface area contributed by atoms with Crippen molar-refractivity contribution in [3.05, 3.63) is 35.9 Å². The SMILES string of the molecule is COC(=O)C12CC3CC4(C1)C(CC4(c1ccccc1)C2)C31CC1. The number of rotatable bonds is 2. The van der Waals surface area contributed by atoms with Crippen LogP contribution in [-0.4, -0.2) is 13.1 Å². The van der Waals surface area contributed by atoms with Gasteiger partial charge in [0.15, 0.2) is 0 Å². The molecule has 5 fully saturated rings. The van der Waals surface area contributed by atoms with Gasteiger partial charge in [-0.15, -0.1) is 0 Å². The Morgan fingerprint density at radius 1 is 1.09 bits per heavy atom. The molecule has 0 N–H and O–H groups in total. The first-order valence-electron chi connectivity index (χ1n) is 9.25. The van der Waals surface area contributed by atoms with Crippen LogP contribution in [0.3, 0.4) is 0 Å². The minimum atomic E-state index is -0.186. The minimum Gasteiger partial charge on any atom is -0.469 e. The molecule has 6 rings (SSSR count). The average molecular weight is 308 g/mol. The summed E-state index contributed by atoms with van der Waals surface area (Å²) in [5.74, 6) is 1.76. The van der Waals surface area contributed by atoms with Gasteiger partial charge in [-0.25, -0.2) is 0 Å². The van der Waals surface area contributed by atoms with Crippen molar-refractivity contribution in [1.82, 2.24) is 0 Å². The quantitative estimate of drug-likeness (QED) is 0.769. The summed E-state index contributed by atoms with van der Waals surface area (Å²) in [6.07, 6.45) is 8.80. The molecule has 0 radical (unpaired) electrons. The minimum absolute atomic E-state index is 0.0859. The molecule has 5 atom stereocenters. The Bertz CT molecular complexity index is 721. The van der Waals surface area contributed by atoms with E-state index in [1.807, 2.05) is 0 Å². The lowest BCUT2D eigenvalue weighted by Gasteiger charge is -2.61. The van der Waals surface area contributed by atoms with E-state index in [2.05, 4.69) is 30.3 Å². The van der Waals surface area contributed by atoms with E-state index in [0.29, 0.717) is 10.8 Å². The number of fused-ring (bicyclic) bond motifs is 4. The lowest BCUT2D eigenvalue weighted by molar-refractivity contribution is -0.155. The van der Waals surface area contributed by atoms with Crippen LogP contribution in [0.1, 0.15) is 50.5 Å². The monoisotopic (exact) mass is 308 g/mol. The van der Waals surface area contributed by atoms with Gasteiger partial charge < -0.3 is 4.74 Å². The van der Waals surface area contributed by atoms with Crippen molar-refractivity contribution < 1.29 is 9.53 Å². The summed E-state index contributed by atoms with van der Waals surface area (Å²) in [6.45, 7) is 0. The largest absolute Gasteiger partial charge is 0.469 e. The van der Waals surface area contributed by atoms with Gasteiger partial charge in [-0.05, 0) is 73.2 Å². The van der Waals surface area contributed by atoms with E-state index in [4.69, 9.17) is 4.74 Å². The van der Waals surface area contributed by atoms with Crippen LogP contribution >= 0.6 is 0 Å². The highest BCUT2D eigenvalue weighted by Gasteiger charge is 2.86. The zero-order chi connectivity index (χ0) is 15.5. The maximum Gasteiger partial charge on any atom is 0.311 e. The van der Waals surface area contributed by atoms with Crippen molar-refractivity contribution in [2.75, 3.05) is 7.11 Å². The van der Waals surface area contributed by atoms with Crippen LogP contribution in [0.5, 0.6) is 0 Å². The summed E-state index contributed by atoms with van der Waals surface area (Å²) in [6, 6.07) is 11.1. The smallest absolute Gasteiger partial charge is 0.311 e. The molecule has 5 aliphatic carbocycles. The van der Waals surface area contributed by atoms with Gasteiger partial charge in [-0.2, -0.15) is 0 Å². The van der Waals surface area contributed by atoms with Crippen LogP contribution < -0.4 is 0 Å². The van der Waals surface area contributed by atoms with Crippen molar-refractivity contribution >= 4 is 5.97 Å². The second-order valence-electron chi connectivity index (χ2n) is 9.32. The van der Waals surface area contributed by atoms with Gasteiger partial charge in [0, 0.05) is 5.41 Å². The number of carbonyl (C=O) groups is 1. The molecule has 0 aliphatic heterocycles. The summed E-state index contributed by atoms with van der Waals surface area (Å²) >= 11 is 0. The molecule has 2 heteroatoms. The van der Waals surface area contributed by atoms with Crippen LogP contribution in [0.15, 0.2) is 30.3 Å². The molecule has 5 saturated carbocycles. The molecule has 120 valence electrons. The predicted molar refractivity (Wildman–Crippen MR) is 86.7 cm³/mol. The van der Waals surface area contributed by atoms with Gasteiger partial charge >= 0.3 is 5.97 Å². The molecule has 0 saturated heterocycles. The first-order chi connectivity index (χ1) is 11.1. The van der Waals surface area contributed by atoms with Gasteiger partial charge in [0.2, 0.25) is 0 Å². The lowest BCUT2D eigenvalue weighted by Crippen LogP contribution is -2.57. The van der Waals surface area contributed by atoms with Gasteiger partial charge in [0.1, 0.15) is 0 Å². The maximum atomic E-state index is 12.8. The first kappa shape index (κ1) is 13.0. The standard InChI is InChI=1S/C21H24O2/c1-23-17(22)18-9-15-10-21(13-18)16(19(15)7-8-19)11-20(21,12-18)14-5-3-2-4-6-14/h2-6,15-16H,7-13H2,1H3. The molecule has 0 aromatic heterocycles. The van der Waals surface area contributed by atoms with Crippen molar-refractivity contribution in [2.45, 2.75) is 50.4 Å². The molecule has 2 nitrogen and oxygen atoms in total. The topological polar surface area (TPSA) is 26.3 Å². The number of hydrogen-bond acceptors (Lipinski definition) is 2.